The Balaban J connectivity index is 5.61. The number of nitrogens with two attached hydrogens (primary N) is 4. The number of nitrogens with one attached hydrogen (secondary N) is 3. The van der Waals surface area contributed by atoms with Gasteiger partial charge in [-0.25, -0.2) is 4.79 Å². The van der Waals surface area contributed by atoms with Gasteiger partial charge in [-0.15, -0.1) is 0 Å². The molecule has 0 saturated heterocycles. The molecule has 0 aliphatic rings. The summed E-state index contributed by atoms with van der Waals surface area (Å²) >= 11 is 0. The third-order valence-electron chi connectivity index (χ3n) is 5.21. The lowest BCUT2D eigenvalue weighted by molar-refractivity contribution is -0.143. The largest absolute Gasteiger partial charge is 0.480 e. The Morgan fingerprint density at radius 2 is 1.37 bits per heavy atom. The van der Waals surface area contributed by atoms with Crippen LogP contribution in [0.15, 0.2) is 4.99 Å². The fourth-order valence-corrected chi connectivity index (χ4v) is 3.06. The van der Waals surface area contributed by atoms with E-state index >= 15 is 0 Å². The average molecular weight is 503 g/mol. The van der Waals surface area contributed by atoms with E-state index in [4.69, 9.17) is 22.9 Å². The van der Waals surface area contributed by atoms with Crippen LogP contribution in [0.3, 0.4) is 0 Å². The van der Waals surface area contributed by atoms with Crippen molar-refractivity contribution in [2.45, 2.75) is 83.1 Å². The van der Waals surface area contributed by atoms with E-state index in [2.05, 4.69) is 20.9 Å². The van der Waals surface area contributed by atoms with Gasteiger partial charge in [-0.1, -0.05) is 13.8 Å². The number of aliphatic imine (C=N–C) groups is 1. The summed E-state index contributed by atoms with van der Waals surface area (Å²) < 4.78 is 0. The van der Waals surface area contributed by atoms with E-state index in [1.165, 1.54) is 6.92 Å². The number of carbonyl (C=O) groups is 4. The van der Waals surface area contributed by atoms with Crippen LogP contribution < -0.4 is 38.9 Å². The van der Waals surface area contributed by atoms with E-state index in [-0.39, 0.29) is 31.3 Å². The number of amides is 3. The van der Waals surface area contributed by atoms with Crippen LogP contribution in [0.25, 0.3) is 0 Å². The zero-order valence-corrected chi connectivity index (χ0v) is 20.7. The number of aliphatic carboxylic acids is 1. The maximum atomic E-state index is 13.1. The minimum Gasteiger partial charge on any atom is -0.480 e. The normalized spacial score (nSPS) is 15.3. The Morgan fingerprint density at radius 3 is 1.83 bits per heavy atom. The van der Waals surface area contributed by atoms with Gasteiger partial charge in [-0.05, 0) is 51.5 Å². The van der Waals surface area contributed by atoms with Gasteiger partial charge < -0.3 is 49.1 Å². The quantitative estimate of drug-likeness (QED) is 0.0555. The molecule has 0 aromatic carbocycles. The third-order valence-corrected chi connectivity index (χ3v) is 5.21. The van der Waals surface area contributed by atoms with Crippen LogP contribution in [0.1, 0.15) is 52.9 Å². The second-order valence-corrected chi connectivity index (χ2v) is 8.69. The Labute approximate surface area is 205 Å². The zero-order chi connectivity index (χ0) is 27.1. The Bertz CT molecular complexity index is 727. The second kappa shape index (κ2) is 16.6. The second-order valence-electron chi connectivity index (χ2n) is 8.69. The molecule has 5 unspecified atom stereocenters. The lowest BCUT2D eigenvalue weighted by atomic mass is 10.0. The maximum Gasteiger partial charge on any atom is 0.326 e. The highest BCUT2D eigenvalue weighted by atomic mass is 16.4. The monoisotopic (exact) mass is 502 g/mol. The molecule has 13 N–H and O–H groups in total. The molecule has 0 spiro atoms. The fourth-order valence-electron chi connectivity index (χ4n) is 3.06. The molecule has 0 heterocycles. The van der Waals surface area contributed by atoms with Crippen molar-refractivity contribution in [3.63, 3.8) is 0 Å². The highest BCUT2D eigenvalue weighted by Gasteiger charge is 2.31. The molecule has 0 aromatic rings. The number of rotatable bonds is 17. The van der Waals surface area contributed by atoms with Gasteiger partial charge in [0, 0.05) is 6.54 Å². The molecular weight excluding hydrogens is 460 g/mol. The van der Waals surface area contributed by atoms with Crippen molar-refractivity contribution in [2.75, 3.05) is 13.1 Å². The lowest BCUT2D eigenvalue weighted by Crippen LogP contribution is -2.58. The summed E-state index contributed by atoms with van der Waals surface area (Å²) in [5.41, 5.74) is 21.8. The Kier molecular flexibility index (Phi) is 15.2. The van der Waals surface area contributed by atoms with E-state index in [1.54, 1.807) is 13.8 Å². The van der Waals surface area contributed by atoms with Crippen LogP contribution in [0.5, 0.6) is 0 Å². The summed E-state index contributed by atoms with van der Waals surface area (Å²) in [6.45, 7) is 5.21. The van der Waals surface area contributed by atoms with Gasteiger partial charge in [-0.2, -0.15) is 0 Å². The highest BCUT2D eigenvalue weighted by molar-refractivity contribution is 5.94. The minimum absolute atomic E-state index is 0.113. The molecule has 0 rings (SSSR count). The van der Waals surface area contributed by atoms with Gasteiger partial charge in [0.15, 0.2) is 5.96 Å². The summed E-state index contributed by atoms with van der Waals surface area (Å²) in [6, 6.07) is -4.58. The first-order valence-corrected chi connectivity index (χ1v) is 11.6. The number of carbonyl (C=O) groups excluding carboxylic acids is 3. The van der Waals surface area contributed by atoms with Crippen LogP contribution in [0.4, 0.5) is 0 Å². The smallest absolute Gasteiger partial charge is 0.326 e. The van der Waals surface area contributed by atoms with Gasteiger partial charge >= 0.3 is 5.97 Å². The number of carboxylic acid groups (broad SMARTS) is 1. The number of hydrogen-bond donors (Lipinski definition) is 9. The highest BCUT2D eigenvalue weighted by Crippen LogP contribution is 2.08. The standard InChI is InChI=1S/C21H42N8O6/c1-11(2)16(20(34)35)29-18(32)13(7-4-5-9-22)27-17(31)14(8-6-10-26-21(24)25)28-19(33)15(23)12(3)30/h11-16,30H,4-10,22-23H2,1-3H3,(H,27,31)(H,28,33)(H,29,32)(H,34,35)(H4,24,25,26). The number of nitrogens with zero attached hydrogens (tertiary/aromatic N) is 1. The number of carboxylic acids is 1. The van der Waals surface area contributed by atoms with Crippen molar-refractivity contribution in [1.82, 2.24) is 16.0 Å². The first-order valence-electron chi connectivity index (χ1n) is 11.6. The predicted octanol–water partition coefficient (Wildman–Crippen LogP) is -2.93. The van der Waals surface area contributed by atoms with Gasteiger partial charge in [0.1, 0.15) is 24.2 Å². The fraction of sp³-hybridized carbons (Fsp3) is 0.762. The lowest BCUT2D eigenvalue weighted by Gasteiger charge is -2.26. The predicted molar refractivity (Wildman–Crippen MR) is 131 cm³/mol. The molecule has 5 atom stereocenters. The van der Waals surface area contributed by atoms with E-state index in [0.29, 0.717) is 25.8 Å². The molecule has 3 amide bonds. The summed E-state index contributed by atoms with van der Waals surface area (Å²) in [6.07, 6.45) is 0.581. The Morgan fingerprint density at radius 1 is 0.857 bits per heavy atom. The number of guanidine groups is 1. The van der Waals surface area contributed by atoms with Gasteiger partial charge in [0.25, 0.3) is 0 Å². The summed E-state index contributed by atoms with van der Waals surface area (Å²) in [4.78, 5) is 53.6. The average Bonchev–Trinajstić information content (AvgIpc) is 2.77. The molecule has 0 aromatic heterocycles. The molecular formula is C21H42N8O6. The number of unbranched alkanes of at least 4 members (excludes halogenated alkanes) is 1. The van der Waals surface area contributed by atoms with Gasteiger partial charge in [-0.3, -0.25) is 19.4 Å². The Hall–Kier alpha value is -2.97. The van der Waals surface area contributed by atoms with Crippen molar-refractivity contribution in [3.05, 3.63) is 0 Å². The van der Waals surface area contributed by atoms with Gasteiger partial charge in [0.05, 0.1) is 6.10 Å². The molecule has 35 heavy (non-hydrogen) atoms. The van der Waals surface area contributed by atoms with Crippen LogP contribution >= 0.6 is 0 Å². The number of hydrogen-bond acceptors (Lipinski definition) is 8. The molecule has 14 heteroatoms. The van der Waals surface area contributed by atoms with E-state index in [0.717, 1.165) is 0 Å². The van der Waals surface area contributed by atoms with Crippen molar-refractivity contribution < 1.29 is 29.4 Å². The van der Waals surface area contributed by atoms with Crippen molar-refractivity contribution in [2.24, 2.45) is 33.8 Å². The van der Waals surface area contributed by atoms with E-state index in [9.17, 15) is 29.4 Å². The van der Waals surface area contributed by atoms with Crippen LogP contribution in [0, 0.1) is 5.92 Å². The molecule has 0 fully saturated rings. The first-order chi connectivity index (χ1) is 16.3. The zero-order valence-electron chi connectivity index (χ0n) is 20.7. The summed E-state index contributed by atoms with van der Waals surface area (Å²) in [5.74, 6) is -3.80. The molecule has 0 bridgehead atoms. The molecule has 0 aliphatic heterocycles. The number of aliphatic hydroxyl groups excluding tert-OH is 1. The summed E-state index contributed by atoms with van der Waals surface area (Å²) in [5, 5.41) is 26.5. The topological polar surface area (TPSA) is 261 Å². The molecule has 202 valence electrons. The van der Waals surface area contributed by atoms with E-state index < -0.39 is 54.0 Å². The minimum atomic E-state index is -1.27. The van der Waals surface area contributed by atoms with Crippen molar-refractivity contribution in [3.8, 4) is 0 Å². The molecule has 0 radical (unpaired) electrons. The van der Waals surface area contributed by atoms with Crippen LogP contribution in [-0.4, -0.2) is 83.2 Å². The first kappa shape index (κ1) is 32.0. The maximum absolute atomic E-state index is 13.1. The van der Waals surface area contributed by atoms with Crippen molar-refractivity contribution >= 4 is 29.7 Å². The van der Waals surface area contributed by atoms with Gasteiger partial charge in [0.2, 0.25) is 17.7 Å². The number of aliphatic hydroxyl groups is 1. The molecule has 0 saturated carbocycles. The van der Waals surface area contributed by atoms with Crippen LogP contribution in [0.2, 0.25) is 0 Å². The third kappa shape index (κ3) is 12.9. The molecule has 14 nitrogen and oxygen atoms in total. The van der Waals surface area contributed by atoms with E-state index in [1.807, 2.05) is 0 Å². The van der Waals surface area contributed by atoms with Crippen molar-refractivity contribution in [1.29, 1.82) is 0 Å². The van der Waals surface area contributed by atoms with Crippen LogP contribution in [-0.2, 0) is 19.2 Å². The SMILES string of the molecule is CC(C)C(NC(=O)C(CCCCN)NC(=O)C(CCCN=C(N)N)NC(=O)C(N)C(C)O)C(=O)O. The summed E-state index contributed by atoms with van der Waals surface area (Å²) in [7, 11) is 0. The molecule has 0 aliphatic carbocycles.